The maximum Gasteiger partial charge on any atom is 0.416 e. The van der Waals surface area contributed by atoms with Crippen LogP contribution in [0.3, 0.4) is 0 Å². The molecule has 2 aromatic carbocycles. The summed E-state index contributed by atoms with van der Waals surface area (Å²) in [4.78, 5) is 3.14. The minimum absolute atomic E-state index is 0.00722. The highest BCUT2D eigenvalue weighted by atomic mass is 19.4. The second-order valence-electron chi connectivity index (χ2n) is 5.97. The zero-order valence-electron chi connectivity index (χ0n) is 13.9. The molecule has 3 N–H and O–H groups in total. The first-order chi connectivity index (χ1) is 12.4. The molecule has 0 radical (unpaired) electrons. The van der Waals surface area contributed by atoms with Gasteiger partial charge in [0.2, 0.25) is 0 Å². The molecule has 4 nitrogen and oxygen atoms in total. The number of hydrogen-bond donors (Lipinski definition) is 3. The fraction of sp³-hybridized carbons (Fsp3) is 0.263. The van der Waals surface area contributed by atoms with Gasteiger partial charge >= 0.3 is 6.18 Å². The van der Waals surface area contributed by atoms with E-state index in [1.807, 2.05) is 30.5 Å². The van der Waals surface area contributed by atoms with Crippen molar-refractivity contribution in [2.75, 3.05) is 13.2 Å². The van der Waals surface area contributed by atoms with E-state index in [1.54, 1.807) is 0 Å². The molecule has 0 aliphatic rings. The highest BCUT2D eigenvalue weighted by Crippen LogP contribution is 2.30. The Morgan fingerprint density at radius 2 is 1.85 bits per heavy atom. The summed E-state index contributed by atoms with van der Waals surface area (Å²) in [6.07, 6.45) is -3.27. The van der Waals surface area contributed by atoms with E-state index in [4.69, 9.17) is 4.74 Å². The molecule has 0 saturated heterocycles. The molecule has 3 rings (SSSR count). The topological polar surface area (TPSA) is 57.3 Å². The number of halogens is 3. The van der Waals surface area contributed by atoms with E-state index in [0.29, 0.717) is 13.1 Å². The SMILES string of the molecule is OC(CNCc1cccc2[nH]ccc12)COc1ccc(C(F)(F)F)cc1. The molecule has 1 aromatic heterocycles. The third-order valence-electron chi connectivity index (χ3n) is 4.00. The van der Waals surface area contributed by atoms with Crippen LogP contribution >= 0.6 is 0 Å². The average Bonchev–Trinajstić information content (AvgIpc) is 3.09. The van der Waals surface area contributed by atoms with Gasteiger partial charge in [-0.3, -0.25) is 0 Å². The van der Waals surface area contributed by atoms with Crippen molar-refractivity contribution in [3.05, 3.63) is 65.9 Å². The molecule has 0 spiro atoms. The number of rotatable bonds is 7. The van der Waals surface area contributed by atoms with Crippen molar-refractivity contribution in [2.45, 2.75) is 18.8 Å². The molecule has 0 bridgehead atoms. The number of nitrogens with one attached hydrogen (secondary N) is 2. The van der Waals surface area contributed by atoms with Gasteiger partial charge < -0.3 is 20.1 Å². The number of aromatic nitrogens is 1. The fourth-order valence-electron chi connectivity index (χ4n) is 2.67. The van der Waals surface area contributed by atoms with E-state index >= 15 is 0 Å². The van der Waals surface area contributed by atoms with Crippen LogP contribution in [0.2, 0.25) is 0 Å². The summed E-state index contributed by atoms with van der Waals surface area (Å²) in [5.74, 6) is 0.286. The molecule has 0 fully saturated rings. The minimum Gasteiger partial charge on any atom is -0.491 e. The summed E-state index contributed by atoms with van der Waals surface area (Å²) < 4.78 is 42.8. The number of fused-ring (bicyclic) bond motifs is 1. The Kier molecular flexibility index (Phi) is 5.49. The van der Waals surface area contributed by atoms with E-state index in [-0.39, 0.29) is 12.4 Å². The van der Waals surface area contributed by atoms with Crippen molar-refractivity contribution in [2.24, 2.45) is 0 Å². The molecule has 0 saturated carbocycles. The molecule has 7 heteroatoms. The Morgan fingerprint density at radius 3 is 2.58 bits per heavy atom. The Labute approximate surface area is 148 Å². The first-order valence-electron chi connectivity index (χ1n) is 8.17. The smallest absolute Gasteiger partial charge is 0.416 e. The van der Waals surface area contributed by atoms with Gasteiger partial charge in [-0.2, -0.15) is 13.2 Å². The van der Waals surface area contributed by atoms with Crippen LogP contribution in [-0.2, 0) is 12.7 Å². The quantitative estimate of drug-likeness (QED) is 0.599. The fourth-order valence-corrected chi connectivity index (χ4v) is 2.67. The van der Waals surface area contributed by atoms with Crippen molar-refractivity contribution in [3.63, 3.8) is 0 Å². The van der Waals surface area contributed by atoms with Crippen molar-refractivity contribution in [3.8, 4) is 5.75 Å². The molecule has 0 aliphatic heterocycles. The predicted octanol–water partition coefficient (Wildman–Crippen LogP) is 3.72. The van der Waals surface area contributed by atoms with E-state index in [1.165, 1.54) is 12.1 Å². The van der Waals surface area contributed by atoms with E-state index in [0.717, 1.165) is 28.6 Å². The van der Waals surface area contributed by atoms with Gasteiger partial charge in [0, 0.05) is 30.2 Å². The molecule has 1 atom stereocenters. The van der Waals surface area contributed by atoms with Gasteiger partial charge in [0.15, 0.2) is 0 Å². The number of aliphatic hydroxyl groups is 1. The summed E-state index contributed by atoms with van der Waals surface area (Å²) in [6, 6.07) is 12.4. The number of ether oxygens (including phenoxy) is 1. The van der Waals surface area contributed by atoms with Gasteiger partial charge in [0.25, 0.3) is 0 Å². The second kappa shape index (κ2) is 7.80. The highest BCUT2D eigenvalue weighted by Gasteiger charge is 2.30. The standard InChI is InChI=1S/C19H19F3N2O2/c20-19(21,22)14-4-6-16(7-5-14)26-12-15(25)11-23-10-13-2-1-3-18-17(13)8-9-24-18/h1-9,15,23-25H,10-12H2. The normalized spacial score (nSPS) is 13.1. The van der Waals surface area contributed by atoms with Crippen LogP contribution in [0, 0.1) is 0 Å². The summed E-state index contributed by atoms with van der Waals surface area (Å²) in [5, 5.41) is 14.2. The van der Waals surface area contributed by atoms with Crippen molar-refractivity contribution in [1.82, 2.24) is 10.3 Å². The van der Waals surface area contributed by atoms with Gasteiger partial charge in [-0.25, -0.2) is 0 Å². The van der Waals surface area contributed by atoms with Gasteiger partial charge in [-0.15, -0.1) is 0 Å². The lowest BCUT2D eigenvalue weighted by Gasteiger charge is -2.14. The zero-order valence-corrected chi connectivity index (χ0v) is 13.9. The summed E-state index contributed by atoms with van der Waals surface area (Å²) in [5.41, 5.74) is 1.43. The van der Waals surface area contributed by atoms with Crippen LogP contribution in [0.1, 0.15) is 11.1 Å². The lowest BCUT2D eigenvalue weighted by atomic mass is 10.1. The van der Waals surface area contributed by atoms with Gasteiger partial charge in [0.05, 0.1) is 5.56 Å². The van der Waals surface area contributed by atoms with Crippen LogP contribution in [-0.4, -0.2) is 29.3 Å². The highest BCUT2D eigenvalue weighted by molar-refractivity contribution is 5.82. The Bertz CT molecular complexity index is 844. The van der Waals surface area contributed by atoms with Crippen molar-refractivity contribution in [1.29, 1.82) is 0 Å². The number of aliphatic hydroxyl groups excluding tert-OH is 1. The van der Waals surface area contributed by atoms with Crippen LogP contribution < -0.4 is 10.1 Å². The number of benzene rings is 2. The molecule has 1 heterocycles. The second-order valence-corrected chi connectivity index (χ2v) is 5.97. The van der Waals surface area contributed by atoms with Crippen LogP contribution in [0.5, 0.6) is 5.75 Å². The lowest BCUT2D eigenvalue weighted by molar-refractivity contribution is -0.137. The lowest BCUT2D eigenvalue weighted by Crippen LogP contribution is -2.31. The molecule has 0 aliphatic carbocycles. The van der Waals surface area contributed by atoms with Gasteiger partial charge in [-0.05, 0) is 42.0 Å². The van der Waals surface area contributed by atoms with Crippen molar-refractivity contribution < 1.29 is 23.0 Å². The third-order valence-corrected chi connectivity index (χ3v) is 4.00. The van der Waals surface area contributed by atoms with Crippen molar-refractivity contribution >= 4 is 10.9 Å². The van der Waals surface area contributed by atoms with Crippen LogP contribution in [0.15, 0.2) is 54.7 Å². The van der Waals surface area contributed by atoms with E-state index in [9.17, 15) is 18.3 Å². The van der Waals surface area contributed by atoms with E-state index in [2.05, 4.69) is 10.3 Å². The maximum atomic E-state index is 12.5. The molecular weight excluding hydrogens is 345 g/mol. The van der Waals surface area contributed by atoms with Gasteiger partial charge in [0.1, 0.15) is 18.5 Å². The number of alkyl halides is 3. The summed E-state index contributed by atoms with van der Waals surface area (Å²) >= 11 is 0. The molecule has 138 valence electrons. The predicted molar refractivity (Wildman–Crippen MR) is 93.0 cm³/mol. The molecule has 3 aromatic rings. The molecule has 26 heavy (non-hydrogen) atoms. The maximum absolute atomic E-state index is 12.5. The Balaban J connectivity index is 1.44. The number of hydrogen-bond acceptors (Lipinski definition) is 3. The Hall–Kier alpha value is -2.51. The minimum atomic E-state index is -4.37. The Morgan fingerprint density at radius 1 is 1.08 bits per heavy atom. The molecule has 0 amide bonds. The monoisotopic (exact) mass is 364 g/mol. The van der Waals surface area contributed by atoms with E-state index < -0.39 is 17.8 Å². The molecular formula is C19H19F3N2O2. The van der Waals surface area contributed by atoms with Crippen LogP contribution in [0.4, 0.5) is 13.2 Å². The summed E-state index contributed by atoms with van der Waals surface area (Å²) in [6.45, 7) is 0.890. The van der Waals surface area contributed by atoms with Gasteiger partial charge in [-0.1, -0.05) is 12.1 Å². The largest absolute Gasteiger partial charge is 0.491 e. The summed E-state index contributed by atoms with van der Waals surface area (Å²) in [7, 11) is 0. The zero-order chi connectivity index (χ0) is 18.6. The number of H-pyrrole nitrogens is 1. The first kappa shape index (κ1) is 18.3. The molecule has 1 unspecified atom stereocenters. The first-order valence-corrected chi connectivity index (χ1v) is 8.17. The average molecular weight is 364 g/mol. The third kappa shape index (κ3) is 4.56. The number of aromatic amines is 1. The van der Waals surface area contributed by atoms with Crippen LogP contribution in [0.25, 0.3) is 10.9 Å².